The molecule has 0 aromatic heterocycles. The molecule has 0 aliphatic heterocycles. The minimum atomic E-state index is -4.70. The Hall–Kier alpha value is -1.81. The van der Waals surface area contributed by atoms with Gasteiger partial charge in [-0.1, -0.05) is 344 Å². The van der Waals surface area contributed by atoms with Gasteiger partial charge in [-0.15, -0.1) is 0 Å². The van der Waals surface area contributed by atoms with Crippen LogP contribution in [0.1, 0.15) is 421 Å². The number of aliphatic hydroxyl groups is 2. The van der Waals surface area contributed by atoms with Crippen molar-refractivity contribution in [3.8, 4) is 0 Å². The molecule has 0 aromatic carbocycles. The highest BCUT2D eigenvalue weighted by atomic mass is 31.2. The maximum atomic E-state index is 13.3. The van der Waals surface area contributed by atoms with Crippen molar-refractivity contribution in [3.05, 3.63) is 0 Å². The number of amides is 4. The van der Waals surface area contributed by atoms with Crippen LogP contribution >= 0.6 is 15.6 Å². The van der Waals surface area contributed by atoms with Crippen LogP contribution in [0.15, 0.2) is 0 Å². The average molecular weight is 1600 g/mol. The summed E-state index contributed by atoms with van der Waals surface area (Å²) in [4.78, 5) is 60.9. The summed E-state index contributed by atoms with van der Waals surface area (Å²) < 4.78 is 72.3. The predicted molar refractivity (Wildman–Crippen MR) is 448 cm³/mol. The topological polar surface area (TPSA) is 288 Å². The first-order chi connectivity index (χ1) is 52.7. The van der Waals surface area contributed by atoms with Crippen molar-refractivity contribution in [1.82, 2.24) is 21.3 Å². The summed E-state index contributed by atoms with van der Waals surface area (Å²) in [7, 11) is -9.39. The highest BCUT2D eigenvalue weighted by Gasteiger charge is 2.27. The number of unbranched alkanes of at least 4 members (excludes halogenated alkanes) is 41. The zero-order chi connectivity index (χ0) is 80.2. The Morgan fingerprint density at radius 1 is 0.312 bits per heavy atom. The number of urea groups is 1. The van der Waals surface area contributed by atoms with Crippen LogP contribution in [-0.4, -0.2) is 141 Å². The van der Waals surface area contributed by atoms with E-state index in [-0.39, 0.29) is 89.6 Å². The Kier molecular flexibility index (Phi) is 77.4. The number of phosphoric ester groups is 2. The summed E-state index contributed by atoms with van der Waals surface area (Å²) in [6.07, 6.45) is 58.8. The molecule has 0 aliphatic carbocycles. The fourth-order valence-corrected chi connectivity index (χ4v) is 15.1. The Labute approximate surface area is 668 Å². The molecule has 0 bridgehead atoms. The molecule has 0 saturated carbocycles. The highest BCUT2D eigenvalue weighted by molar-refractivity contribution is 7.47. The minimum absolute atomic E-state index is 0.00700. The summed E-state index contributed by atoms with van der Waals surface area (Å²) in [5.41, 5.74) is 0. The first-order valence-corrected chi connectivity index (χ1v) is 48.4. The van der Waals surface area contributed by atoms with Crippen LogP contribution in [0.25, 0.3) is 0 Å². The molecule has 0 fully saturated rings. The van der Waals surface area contributed by atoms with E-state index < -0.39 is 59.6 Å². The molecule has 650 valence electrons. The molecule has 4 amide bonds. The normalized spacial score (nSPS) is 14.7. The smallest absolute Gasteiger partial charge is 0.379 e. The molecular formula is C86H174N4O17P2. The third-order valence-corrected chi connectivity index (χ3v) is 22.4. The number of nitrogens with one attached hydrogen (secondary N) is 4. The lowest BCUT2D eigenvalue weighted by Gasteiger charge is -2.23. The second-order valence-electron chi connectivity index (χ2n) is 32.3. The van der Waals surface area contributed by atoms with Crippen molar-refractivity contribution in [1.29, 1.82) is 0 Å². The second kappa shape index (κ2) is 78.7. The molecule has 0 spiro atoms. The van der Waals surface area contributed by atoms with Gasteiger partial charge in [0.05, 0.1) is 63.9 Å². The maximum Gasteiger partial charge on any atom is 0.472 e. The predicted octanol–water partition coefficient (Wildman–Crippen LogP) is 22.6. The lowest BCUT2D eigenvalue weighted by Crippen LogP contribution is -2.41. The Morgan fingerprint density at radius 2 is 0.569 bits per heavy atom. The van der Waals surface area contributed by atoms with Gasteiger partial charge in [0.1, 0.15) is 0 Å². The van der Waals surface area contributed by atoms with Crippen LogP contribution < -0.4 is 21.3 Å². The first kappa shape index (κ1) is 107. The van der Waals surface area contributed by atoms with Crippen molar-refractivity contribution in [2.45, 2.75) is 458 Å². The summed E-state index contributed by atoms with van der Waals surface area (Å²) in [5, 5.41) is 32.8. The SMILES string of the molecule is CCCCCCCCCCCCC(O)O[C@H](CCCCCCC)CCOCC(COP(=O)(O)OCCNC(=O)NCCOP(=O)(O)OCC(COCC[C@@H](CCCCCCC)OC(O)CCCCCCCCCCC)NC(=O)CCCCCCCCCCCC(C)C)NC(=O)CCCCCCCCCCCC(C)C. The van der Waals surface area contributed by atoms with Crippen molar-refractivity contribution in [2.75, 3.05) is 65.9 Å². The molecule has 8 N–H and O–H groups in total. The van der Waals surface area contributed by atoms with Gasteiger partial charge in [-0.2, -0.15) is 0 Å². The quantitative estimate of drug-likeness (QED) is 0.0160. The van der Waals surface area contributed by atoms with Gasteiger partial charge in [0.2, 0.25) is 11.8 Å². The number of carbonyl (C=O) groups excluding carboxylic acids is 3. The van der Waals surface area contributed by atoms with Crippen molar-refractivity contribution < 1.29 is 80.6 Å². The van der Waals surface area contributed by atoms with E-state index >= 15 is 0 Å². The maximum absolute atomic E-state index is 13.3. The second-order valence-corrected chi connectivity index (χ2v) is 35.2. The van der Waals surface area contributed by atoms with E-state index in [4.69, 9.17) is 37.0 Å². The molecule has 0 radical (unpaired) electrons. The summed E-state index contributed by atoms with van der Waals surface area (Å²) in [6, 6.07) is -2.28. The van der Waals surface area contributed by atoms with Gasteiger partial charge in [-0.05, 0) is 76.0 Å². The van der Waals surface area contributed by atoms with Crippen LogP contribution in [0.3, 0.4) is 0 Å². The number of hydrogen-bond acceptors (Lipinski definition) is 15. The Bertz CT molecular complexity index is 2080. The van der Waals surface area contributed by atoms with Crippen LogP contribution in [-0.2, 0) is 55.8 Å². The zero-order valence-electron chi connectivity index (χ0n) is 71.5. The van der Waals surface area contributed by atoms with Crippen molar-refractivity contribution in [3.63, 3.8) is 0 Å². The Balaban J connectivity index is 5.59. The van der Waals surface area contributed by atoms with Gasteiger partial charge in [-0.25, -0.2) is 13.9 Å². The number of carbonyl (C=O) groups is 3. The Morgan fingerprint density at radius 3 is 0.853 bits per heavy atom. The molecule has 8 atom stereocenters. The van der Waals surface area contributed by atoms with Gasteiger partial charge in [0.15, 0.2) is 12.6 Å². The standard InChI is InChI=1S/C86H174N4O17P2/c1-9-13-17-21-23-25-33-39-47-55-63-85(94)107-81(59-51-41-20-16-12-4)65-69-101-73-79(90-83(92)61-53-45-37-32-27-30-35-43-49-57-77(7)8)75-105-109(98,99)103-71-67-88-86(95)87-66-70-102-108(96,97)104-74-78(89-82(91)60-52-44-36-31-26-29-34-42-48-56-76(5)6)72-100-68-64-80(58-50-40-19-15-11-3)106-84(93)62-54-46-38-28-24-22-18-14-10-2/h76-81,84-85,93-94H,9-75H2,1-8H3,(H,89,91)(H,90,92)(H,96,97)(H,98,99)(H2,87,88,95)/t78?,79?,80-,81-,84?,85?/m1/s1. The van der Waals surface area contributed by atoms with E-state index in [0.717, 1.165) is 153 Å². The molecule has 0 aromatic rings. The molecule has 0 rings (SSSR count). The molecule has 0 aliphatic rings. The molecule has 109 heavy (non-hydrogen) atoms. The summed E-state index contributed by atoms with van der Waals surface area (Å²) >= 11 is 0. The molecule has 23 heteroatoms. The molecule has 0 saturated heterocycles. The molecular weight excluding hydrogens is 1420 g/mol. The van der Waals surface area contributed by atoms with Crippen LogP contribution in [0.5, 0.6) is 0 Å². The van der Waals surface area contributed by atoms with Crippen molar-refractivity contribution in [2.24, 2.45) is 11.8 Å². The third-order valence-electron chi connectivity index (χ3n) is 20.4. The number of rotatable bonds is 87. The third kappa shape index (κ3) is 78.5. The number of aliphatic hydroxyl groups excluding tert-OH is 2. The van der Waals surface area contributed by atoms with E-state index in [1.54, 1.807) is 0 Å². The fraction of sp³-hybridized carbons (Fsp3) is 0.965. The molecule has 21 nitrogen and oxygen atoms in total. The van der Waals surface area contributed by atoms with E-state index in [1.807, 2.05) is 0 Å². The van der Waals surface area contributed by atoms with E-state index in [0.29, 0.717) is 38.5 Å². The highest BCUT2D eigenvalue weighted by Crippen LogP contribution is 2.44. The van der Waals surface area contributed by atoms with Crippen molar-refractivity contribution >= 4 is 33.5 Å². The van der Waals surface area contributed by atoms with Crippen LogP contribution in [0, 0.1) is 11.8 Å². The number of ether oxygens (including phenoxy) is 4. The van der Waals surface area contributed by atoms with E-state index in [9.17, 15) is 43.5 Å². The zero-order valence-corrected chi connectivity index (χ0v) is 73.3. The van der Waals surface area contributed by atoms with Gasteiger partial charge in [-0.3, -0.25) is 27.7 Å². The number of phosphoric acid groups is 2. The monoisotopic (exact) mass is 1600 g/mol. The molecule has 6 unspecified atom stereocenters. The van der Waals surface area contributed by atoms with E-state index in [2.05, 4.69) is 76.7 Å². The molecule has 0 heterocycles. The lowest BCUT2D eigenvalue weighted by atomic mass is 10.0. The van der Waals surface area contributed by atoms with Gasteiger partial charge in [0.25, 0.3) is 0 Å². The number of hydrogen-bond donors (Lipinski definition) is 8. The fourth-order valence-electron chi connectivity index (χ4n) is 13.6. The van der Waals surface area contributed by atoms with Crippen LogP contribution in [0.2, 0.25) is 0 Å². The average Bonchev–Trinajstić information content (AvgIpc) is 0.920. The summed E-state index contributed by atoms with van der Waals surface area (Å²) in [6.45, 7) is 16.5. The lowest BCUT2D eigenvalue weighted by molar-refractivity contribution is -0.148. The van der Waals surface area contributed by atoms with Gasteiger partial charge < -0.3 is 60.2 Å². The minimum Gasteiger partial charge on any atom is -0.379 e. The first-order valence-electron chi connectivity index (χ1n) is 45.4. The summed E-state index contributed by atoms with van der Waals surface area (Å²) in [5.74, 6) is 1.06. The van der Waals surface area contributed by atoms with Gasteiger partial charge in [0, 0.05) is 39.1 Å². The van der Waals surface area contributed by atoms with Gasteiger partial charge >= 0.3 is 21.7 Å². The van der Waals surface area contributed by atoms with E-state index in [1.165, 1.54) is 173 Å². The largest absolute Gasteiger partial charge is 0.472 e. The van der Waals surface area contributed by atoms with Crippen LogP contribution in [0.4, 0.5) is 4.79 Å².